The molecule has 0 spiro atoms. The number of aromatic nitrogens is 1. The summed E-state index contributed by atoms with van der Waals surface area (Å²) in [6, 6.07) is 26.3. The van der Waals surface area contributed by atoms with Gasteiger partial charge in [0.15, 0.2) is 0 Å². The van der Waals surface area contributed by atoms with Gasteiger partial charge in [0.2, 0.25) is 5.91 Å². The number of fused-ring (bicyclic) bond motifs is 1. The predicted molar refractivity (Wildman–Crippen MR) is 215 cm³/mol. The van der Waals surface area contributed by atoms with E-state index in [1.54, 1.807) is 29.3 Å². The Balaban J connectivity index is 1.26. The molecule has 10 nitrogen and oxygen atoms in total. The average molecular weight is 760 g/mol. The molecule has 1 aromatic heterocycles. The highest BCUT2D eigenvalue weighted by Crippen LogP contribution is 2.40. The largest absolute Gasteiger partial charge is 0.488 e. The fourth-order valence-electron chi connectivity index (χ4n) is 7.05. The maximum atomic E-state index is 13.0. The van der Waals surface area contributed by atoms with Crippen LogP contribution in [0.15, 0.2) is 85.2 Å². The first kappa shape index (κ1) is 39.4. The van der Waals surface area contributed by atoms with Crippen molar-refractivity contribution in [1.29, 1.82) is 5.26 Å². The Morgan fingerprint density at radius 1 is 0.891 bits per heavy atom. The number of nitriles is 1. The van der Waals surface area contributed by atoms with E-state index < -0.39 is 0 Å². The number of pyridine rings is 1. The van der Waals surface area contributed by atoms with Crippen LogP contribution in [-0.2, 0) is 24.6 Å². The Labute approximate surface area is 327 Å². The number of ether oxygens (including phenoxy) is 2. The van der Waals surface area contributed by atoms with E-state index in [-0.39, 0.29) is 38.4 Å². The quantitative estimate of drug-likeness (QED) is 0.0818. The number of hydrogen-bond donors (Lipinski definition) is 4. The van der Waals surface area contributed by atoms with Crippen molar-refractivity contribution in [2.45, 2.75) is 52.5 Å². The highest BCUT2D eigenvalue weighted by atomic mass is 35.5. The zero-order valence-corrected chi connectivity index (χ0v) is 32.1. The first-order valence-electron chi connectivity index (χ1n) is 18.4. The summed E-state index contributed by atoms with van der Waals surface area (Å²) in [6.45, 7) is 6.02. The number of amides is 1. The molecule has 0 saturated heterocycles. The molecule has 1 atom stereocenters. The van der Waals surface area contributed by atoms with Crippen molar-refractivity contribution >= 4 is 23.2 Å². The van der Waals surface area contributed by atoms with Crippen molar-refractivity contribution in [3.8, 4) is 39.8 Å². The third-order valence-electron chi connectivity index (χ3n) is 10.1. The van der Waals surface area contributed by atoms with Crippen molar-refractivity contribution in [1.82, 2.24) is 15.6 Å². The zero-order chi connectivity index (χ0) is 38.9. The minimum Gasteiger partial charge on any atom is -0.488 e. The van der Waals surface area contributed by atoms with Gasteiger partial charge in [0.05, 0.1) is 23.8 Å². The number of anilines is 1. The molecule has 6 rings (SSSR count). The molecule has 4 N–H and O–H groups in total. The third-order valence-corrected chi connectivity index (χ3v) is 10.4. The van der Waals surface area contributed by atoms with Gasteiger partial charge in [0.25, 0.3) is 0 Å². The lowest BCUT2D eigenvalue weighted by Gasteiger charge is -2.23. The minimum absolute atomic E-state index is 0.00119. The van der Waals surface area contributed by atoms with Crippen LogP contribution >= 0.6 is 11.6 Å². The van der Waals surface area contributed by atoms with Gasteiger partial charge in [-0.2, -0.15) is 5.26 Å². The second-order valence-corrected chi connectivity index (χ2v) is 14.0. The average Bonchev–Trinajstić information content (AvgIpc) is 3.31. The minimum atomic E-state index is -0.0172. The van der Waals surface area contributed by atoms with E-state index in [4.69, 9.17) is 21.1 Å². The van der Waals surface area contributed by atoms with E-state index in [0.717, 1.165) is 61.3 Å². The molecule has 0 radical (unpaired) electrons. The normalized spacial score (nSPS) is 13.9. The van der Waals surface area contributed by atoms with Gasteiger partial charge >= 0.3 is 0 Å². The van der Waals surface area contributed by atoms with Gasteiger partial charge in [-0.15, -0.1) is 0 Å². The summed E-state index contributed by atoms with van der Waals surface area (Å²) in [6.07, 6.45) is 4.28. The lowest BCUT2D eigenvalue weighted by Crippen LogP contribution is -2.25. The summed E-state index contributed by atoms with van der Waals surface area (Å²) in [7, 11) is 1.83. The molecule has 1 aliphatic heterocycles. The maximum absolute atomic E-state index is 13.0. The van der Waals surface area contributed by atoms with Gasteiger partial charge in [0.1, 0.15) is 30.8 Å². The van der Waals surface area contributed by atoms with E-state index in [1.807, 2.05) is 19.2 Å². The summed E-state index contributed by atoms with van der Waals surface area (Å²) in [5, 5.41) is 35.0. The highest BCUT2D eigenvalue weighted by molar-refractivity contribution is 6.32. The maximum Gasteiger partial charge on any atom is 0.226 e. The van der Waals surface area contributed by atoms with E-state index in [2.05, 4.69) is 78.0 Å². The van der Waals surface area contributed by atoms with Gasteiger partial charge in [-0.25, -0.2) is 0 Å². The van der Waals surface area contributed by atoms with E-state index >= 15 is 0 Å². The Morgan fingerprint density at radius 3 is 2.42 bits per heavy atom. The molecule has 1 amide bonds. The Bertz CT molecular complexity index is 2200. The van der Waals surface area contributed by atoms with Gasteiger partial charge < -0.3 is 35.2 Å². The van der Waals surface area contributed by atoms with Gasteiger partial charge in [-0.3, -0.25) is 9.78 Å². The van der Waals surface area contributed by atoms with Crippen molar-refractivity contribution in [3.05, 3.63) is 129 Å². The van der Waals surface area contributed by atoms with Crippen LogP contribution in [0.1, 0.15) is 57.8 Å². The molecular weight excluding hydrogens is 714 g/mol. The lowest BCUT2D eigenvalue weighted by molar-refractivity contribution is -0.118. The summed E-state index contributed by atoms with van der Waals surface area (Å²) in [5.74, 6) is 1.10. The molecule has 1 unspecified atom stereocenters. The molecule has 4 aromatic carbocycles. The first-order chi connectivity index (χ1) is 26.7. The first-order valence-corrected chi connectivity index (χ1v) is 18.8. The predicted octanol–water partition coefficient (Wildman–Crippen LogP) is 7.18. The number of aliphatic hydroxyl groups is 2. The topological polar surface area (TPSA) is 140 Å². The standard InChI is InChI=1S/C44H46ClN5O5/c1-28-33(27-55-43-21-42(34(19-39(43)45)25-47-14-16-51)54-26-31-18-30(22-46)23-48-24-31)6-4-8-36(28)37-9-5-7-35(29(37)2)32-10-11-38-40(49-15-17-52)12-13-44(53)50(3)41(38)20-32/h4-11,18-21,23-24,40,47,49,51-52H,12-17,25-27H2,1-3H3. The van der Waals surface area contributed by atoms with Crippen molar-refractivity contribution in [2.24, 2.45) is 0 Å². The van der Waals surface area contributed by atoms with Crippen molar-refractivity contribution in [3.63, 3.8) is 0 Å². The van der Waals surface area contributed by atoms with Crippen LogP contribution in [0, 0.1) is 25.2 Å². The number of carbonyl (C=O) groups excluding carboxylic acids is 1. The number of nitrogens with one attached hydrogen (secondary N) is 2. The monoisotopic (exact) mass is 759 g/mol. The molecule has 284 valence electrons. The zero-order valence-electron chi connectivity index (χ0n) is 31.4. The number of halogens is 1. The van der Waals surface area contributed by atoms with Gasteiger partial charge in [0, 0.05) is 74.4 Å². The third kappa shape index (κ3) is 9.16. The van der Waals surface area contributed by atoms with Gasteiger partial charge in [-0.1, -0.05) is 60.1 Å². The van der Waals surface area contributed by atoms with Crippen LogP contribution in [-0.4, -0.2) is 54.5 Å². The molecule has 55 heavy (non-hydrogen) atoms. The molecule has 1 aliphatic rings. The number of rotatable bonds is 15. The second-order valence-electron chi connectivity index (χ2n) is 13.6. The molecule has 0 saturated carbocycles. The molecule has 5 aromatic rings. The molecule has 11 heteroatoms. The van der Waals surface area contributed by atoms with E-state index in [0.29, 0.717) is 54.6 Å². The second kappa shape index (κ2) is 18.4. The van der Waals surface area contributed by atoms with E-state index in [9.17, 15) is 20.3 Å². The lowest BCUT2D eigenvalue weighted by atomic mass is 9.88. The molecule has 2 heterocycles. The number of aliphatic hydroxyl groups excluding tert-OH is 2. The van der Waals surface area contributed by atoms with Crippen LogP contribution in [0.2, 0.25) is 5.02 Å². The fourth-order valence-corrected chi connectivity index (χ4v) is 7.29. The van der Waals surface area contributed by atoms with Crippen LogP contribution in [0.4, 0.5) is 5.69 Å². The van der Waals surface area contributed by atoms with Crippen LogP contribution in [0.5, 0.6) is 11.5 Å². The Hall–Kier alpha value is -5.28. The SMILES string of the molecule is Cc1c(COc2cc(OCc3cncc(C#N)c3)c(CNCCO)cc2Cl)cccc1-c1cccc(-c2ccc3c(c2)N(C)C(=O)CCC3NCCO)c1C. The Kier molecular flexibility index (Phi) is 13.2. The summed E-state index contributed by atoms with van der Waals surface area (Å²) >= 11 is 6.76. The summed E-state index contributed by atoms with van der Waals surface area (Å²) in [4.78, 5) is 18.9. The number of hydrogen-bond acceptors (Lipinski definition) is 9. The molecule has 0 fully saturated rings. The number of nitrogens with zero attached hydrogens (tertiary/aromatic N) is 3. The highest BCUT2D eigenvalue weighted by Gasteiger charge is 2.26. The van der Waals surface area contributed by atoms with Crippen molar-refractivity contribution < 1.29 is 24.5 Å². The fraction of sp³-hybridized carbons (Fsp3) is 0.295. The summed E-state index contributed by atoms with van der Waals surface area (Å²) < 4.78 is 12.6. The van der Waals surface area contributed by atoms with Crippen LogP contribution in [0.3, 0.4) is 0 Å². The van der Waals surface area contributed by atoms with E-state index in [1.165, 1.54) is 6.20 Å². The number of benzene rings is 4. The molecule has 0 bridgehead atoms. The number of carbonyl (C=O) groups is 1. The van der Waals surface area contributed by atoms with Crippen LogP contribution in [0.25, 0.3) is 22.3 Å². The van der Waals surface area contributed by atoms with Crippen molar-refractivity contribution in [2.75, 3.05) is 38.3 Å². The molecular formula is C44H46ClN5O5. The Morgan fingerprint density at radius 2 is 1.64 bits per heavy atom. The molecule has 0 aliphatic carbocycles. The smallest absolute Gasteiger partial charge is 0.226 e. The van der Waals surface area contributed by atoms with Crippen LogP contribution < -0.4 is 25.0 Å². The van der Waals surface area contributed by atoms with Gasteiger partial charge in [-0.05, 0) is 83.0 Å². The summed E-state index contributed by atoms with van der Waals surface area (Å²) in [5.41, 5.74) is 11.4.